The molecule has 2 aromatic carbocycles. The highest BCUT2D eigenvalue weighted by molar-refractivity contribution is 5.97. The summed E-state index contributed by atoms with van der Waals surface area (Å²) in [7, 11) is 1.81. The Balaban J connectivity index is 1.31. The molecule has 0 spiro atoms. The number of aliphatic imine (C=N–C) groups is 1. The number of fused-ring (bicyclic) bond motifs is 1. The number of hydrogen-bond donors (Lipinski definition) is 1. The van der Waals surface area contributed by atoms with Crippen LogP contribution in [-0.4, -0.2) is 63.2 Å². The van der Waals surface area contributed by atoms with Crippen LogP contribution in [0.5, 0.6) is 5.75 Å². The standard InChI is InChI=1S/C24H30N4O3/c1-18-8-3-4-9-19(18)22-16-27(14-15-30-22)24(25-2)26-12-7-13-28-20-10-5-6-11-21(20)31-17-23(28)29/h3-6,8-11,22H,7,12-17H2,1-2H3,(H,25,26). The van der Waals surface area contributed by atoms with Gasteiger partial charge in [-0.2, -0.15) is 0 Å². The number of nitrogens with zero attached hydrogens (tertiary/aromatic N) is 3. The summed E-state index contributed by atoms with van der Waals surface area (Å²) in [6.07, 6.45) is 0.848. The number of carbonyl (C=O) groups excluding carboxylic acids is 1. The Morgan fingerprint density at radius 2 is 2.00 bits per heavy atom. The van der Waals surface area contributed by atoms with Crippen LogP contribution < -0.4 is 15.0 Å². The number of benzene rings is 2. The second-order valence-electron chi connectivity index (χ2n) is 7.79. The molecule has 1 saturated heterocycles. The van der Waals surface area contributed by atoms with Crippen molar-refractivity contribution in [1.29, 1.82) is 0 Å². The fourth-order valence-corrected chi connectivity index (χ4v) is 4.15. The van der Waals surface area contributed by atoms with Gasteiger partial charge in [0.15, 0.2) is 12.6 Å². The third-order valence-corrected chi connectivity index (χ3v) is 5.76. The quantitative estimate of drug-likeness (QED) is 0.456. The van der Waals surface area contributed by atoms with Crippen LogP contribution >= 0.6 is 0 Å². The predicted octanol–water partition coefficient (Wildman–Crippen LogP) is 2.76. The highest BCUT2D eigenvalue weighted by Gasteiger charge is 2.26. The first-order chi connectivity index (χ1) is 15.2. The third kappa shape index (κ3) is 4.82. The van der Waals surface area contributed by atoms with E-state index in [4.69, 9.17) is 9.47 Å². The Morgan fingerprint density at radius 3 is 2.84 bits per heavy atom. The highest BCUT2D eigenvalue weighted by Crippen LogP contribution is 2.31. The molecule has 2 heterocycles. The van der Waals surface area contributed by atoms with E-state index < -0.39 is 0 Å². The van der Waals surface area contributed by atoms with Crippen molar-refractivity contribution >= 4 is 17.6 Å². The molecule has 164 valence electrons. The number of anilines is 1. The van der Waals surface area contributed by atoms with Crippen LogP contribution in [-0.2, 0) is 9.53 Å². The smallest absolute Gasteiger partial charge is 0.265 e. The van der Waals surface area contributed by atoms with E-state index >= 15 is 0 Å². The van der Waals surface area contributed by atoms with Crippen LogP contribution in [0.4, 0.5) is 5.69 Å². The summed E-state index contributed by atoms with van der Waals surface area (Å²) in [6, 6.07) is 16.0. The number of amides is 1. The van der Waals surface area contributed by atoms with Crippen molar-refractivity contribution in [3.63, 3.8) is 0 Å². The van der Waals surface area contributed by atoms with Crippen LogP contribution in [0.3, 0.4) is 0 Å². The molecular weight excluding hydrogens is 392 g/mol. The molecule has 0 bridgehead atoms. The maximum atomic E-state index is 12.3. The van der Waals surface area contributed by atoms with Gasteiger partial charge < -0.3 is 24.6 Å². The van der Waals surface area contributed by atoms with Gasteiger partial charge in [0.2, 0.25) is 0 Å². The number of nitrogens with one attached hydrogen (secondary N) is 1. The number of guanidine groups is 1. The summed E-state index contributed by atoms with van der Waals surface area (Å²) in [5.74, 6) is 1.63. The molecule has 0 saturated carbocycles. The molecular formula is C24H30N4O3. The Bertz CT molecular complexity index is 946. The van der Waals surface area contributed by atoms with Gasteiger partial charge in [0, 0.05) is 26.7 Å². The van der Waals surface area contributed by atoms with Gasteiger partial charge in [-0.15, -0.1) is 0 Å². The average Bonchev–Trinajstić information content (AvgIpc) is 2.80. The zero-order chi connectivity index (χ0) is 21.6. The molecule has 7 nitrogen and oxygen atoms in total. The van der Waals surface area contributed by atoms with Gasteiger partial charge in [0.25, 0.3) is 5.91 Å². The van der Waals surface area contributed by atoms with Crippen molar-refractivity contribution in [2.45, 2.75) is 19.4 Å². The third-order valence-electron chi connectivity index (χ3n) is 5.76. The Morgan fingerprint density at radius 1 is 1.19 bits per heavy atom. The van der Waals surface area contributed by atoms with E-state index in [1.807, 2.05) is 36.2 Å². The van der Waals surface area contributed by atoms with Crippen molar-refractivity contribution in [1.82, 2.24) is 10.2 Å². The number of hydrogen-bond acceptors (Lipinski definition) is 4. The van der Waals surface area contributed by atoms with E-state index in [9.17, 15) is 4.79 Å². The number of aryl methyl sites for hydroxylation is 1. The molecule has 7 heteroatoms. The SMILES string of the molecule is CN=C(NCCCN1C(=O)COc2ccccc21)N1CCOC(c2ccccc2C)C1. The van der Waals surface area contributed by atoms with Crippen LogP contribution in [0.15, 0.2) is 53.5 Å². The second-order valence-corrected chi connectivity index (χ2v) is 7.79. The van der Waals surface area contributed by atoms with E-state index in [-0.39, 0.29) is 18.6 Å². The number of rotatable bonds is 5. The second kappa shape index (κ2) is 9.83. The first-order valence-corrected chi connectivity index (χ1v) is 10.8. The van der Waals surface area contributed by atoms with E-state index in [0.717, 1.165) is 43.5 Å². The minimum Gasteiger partial charge on any atom is -0.482 e. The fraction of sp³-hybridized carbons (Fsp3) is 0.417. The lowest BCUT2D eigenvalue weighted by Gasteiger charge is -2.36. The van der Waals surface area contributed by atoms with E-state index in [1.54, 1.807) is 0 Å². The van der Waals surface area contributed by atoms with Crippen molar-refractivity contribution < 1.29 is 14.3 Å². The van der Waals surface area contributed by atoms with Crippen LogP contribution in [0.25, 0.3) is 0 Å². The highest BCUT2D eigenvalue weighted by atomic mass is 16.5. The first kappa shape index (κ1) is 21.2. The minimum absolute atomic E-state index is 0.00247. The molecule has 1 fully saturated rings. The van der Waals surface area contributed by atoms with Crippen molar-refractivity contribution in [3.8, 4) is 5.75 Å². The number of carbonyl (C=O) groups is 1. The average molecular weight is 423 g/mol. The summed E-state index contributed by atoms with van der Waals surface area (Å²) in [5, 5.41) is 3.46. The van der Waals surface area contributed by atoms with Crippen LogP contribution in [0.2, 0.25) is 0 Å². The normalized spacial score (nSPS) is 19.1. The fourth-order valence-electron chi connectivity index (χ4n) is 4.15. The molecule has 2 aromatic rings. The zero-order valence-electron chi connectivity index (χ0n) is 18.2. The number of para-hydroxylation sites is 2. The molecule has 1 atom stereocenters. The molecule has 0 radical (unpaired) electrons. The molecule has 0 aromatic heterocycles. The van der Waals surface area contributed by atoms with Crippen molar-refractivity contribution in [2.75, 3.05) is 51.3 Å². The van der Waals surface area contributed by atoms with Gasteiger partial charge in [-0.3, -0.25) is 9.79 Å². The largest absolute Gasteiger partial charge is 0.482 e. The van der Waals surface area contributed by atoms with Crippen molar-refractivity contribution in [3.05, 3.63) is 59.7 Å². The van der Waals surface area contributed by atoms with Gasteiger partial charge in [-0.1, -0.05) is 36.4 Å². The van der Waals surface area contributed by atoms with Gasteiger partial charge in [0.1, 0.15) is 11.9 Å². The molecule has 31 heavy (non-hydrogen) atoms. The van der Waals surface area contributed by atoms with E-state index in [1.165, 1.54) is 11.1 Å². The Labute approximate surface area is 183 Å². The molecule has 2 aliphatic rings. The summed E-state index contributed by atoms with van der Waals surface area (Å²) >= 11 is 0. The summed E-state index contributed by atoms with van der Waals surface area (Å²) in [6.45, 7) is 5.82. The van der Waals surface area contributed by atoms with Gasteiger partial charge in [-0.25, -0.2) is 0 Å². The molecule has 4 rings (SSSR count). The van der Waals surface area contributed by atoms with Gasteiger partial charge in [0.05, 0.1) is 18.8 Å². The van der Waals surface area contributed by atoms with Crippen molar-refractivity contribution in [2.24, 2.45) is 4.99 Å². The molecule has 0 aliphatic carbocycles. The topological polar surface area (TPSA) is 66.4 Å². The lowest BCUT2D eigenvalue weighted by molar-refractivity contribution is -0.121. The Hall–Kier alpha value is -3.06. The minimum atomic E-state index is -0.00247. The monoisotopic (exact) mass is 422 g/mol. The number of ether oxygens (including phenoxy) is 2. The summed E-state index contributed by atoms with van der Waals surface area (Å²) in [5.41, 5.74) is 3.32. The Kier molecular flexibility index (Phi) is 6.72. The maximum absolute atomic E-state index is 12.3. The summed E-state index contributed by atoms with van der Waals surface area (Å²) in [4.78, 5) is 20.9. The van der Waals surface area contributed by atoms with E-state index in [0.29, 0.717) is 13.2 Å². The maximum Gasteiger partial charge on any atom is 0.265 e. The predicted molar refractivity (Wildman–Crippen MR) is 122 cm³/mol. The zero-order valence-corrected chi connectivity index (χ0v) is 18.2. The van der Waals surface area contributed by atoms with Gasteiger partial charge >= 0.3 is 0 Å². The van der Waals surface area contributed by atoms with E-state index in [2.05, 4.69) is 46.4 Å². The lowest BCUT2D eigenvalue weighted by atomic mass is 10.0. The van der Waals surface area contributed by atoms with Crippen LogP contribution in [0, 0.1) is 6.92 Å². The summed E-state index contributed by atoms with van der Waals surface area (Å²) < 4.78 is 11.6. The molecule has 1 N–H and O–H groups in total. The molecule has 1 unspecified atom stereocenters. The first-order valence-electron chi connectivity index (χ1n) is 10.8. The van der Waals surface area contributed by atoms with Gasteiger partial charge in [-0.05, 0) is 36.6 Å². The molecule has 2 aliphatic heterocycles. The lowest BCUT2D eigenvalue weighted by Crippen LogP contribution is -2.49. The number of morpholine rings is 1. The van der Waals surface area contributed by atoms with Crippen LogP contribution in [0.1, 0.15) is 23.7 Å². The molecule has 1 amide bonds.